The number of hydrogen-bond acceptors (Lipinski definition) is 3. The van der Waals surface area contributed by atoms with E-state index in [0.717, 1.165) is 33.3 Å². The highest BCUT2D eigenvalue weighted by atomic mass is 35.5. The van der Waals surface area contributed by atoms with Gasteiger partial charge in [-0.25, -0.2) is 0 Å². The molecular formula is C24H27ClN4O2. The number of rotatable bonds is 4. The fourth-order valence-corrected chi connectivity index (χ4v) is 4.37. The van der Waals surface area contributed by atoms with Gasteiger partial charge in [-0.2, -0.15) is 0 Å². The molecule has 1 fully saturated rings. The number of carbonyl (C=O) groups is 2. The topological polar surface area (TPSA) is 68.4 Å². The third-order valence-electron chi connectivity index (χ3n) is 5.88. The predicted molar refractivity (Wildman–Crippen MR) is 125 cm³/mol. The summed E-state index contributed by atoms with van der Waals surface area (Å²) >= 11 is 6.50. The van der Waals surface area contributed by atoms with Gasteiger partial charge in [0.2, 0.25) is 5.91 Å². The number of fused-ring (bicyclic) bond motifs is 1. The van der Waals surface area contributed by atoms with Gasteiger partial charge in [0.15, 0.2) is 0 Å². The van der Waals surface area contributed by atoms with E-state index in [4.69, 9.17) is 11.6 Å². The van der Waals surface area contributed by atoms with Crippen molar-refractivity contribution in [3.05, 3.63) is 63.8 Å². The van der Waals surface area contributed by atoms with E-state index in [1.807, 2.05) is 57.2 Å². The highest BCUT2D eigenvalue weighted by Crippen LogP contribution is 2.29. The number of hydrogen-bond donors (Lipinski definition) is 2. The Morgan fingerprint density at radius 2 is 1.71 bits per heavy atom. The Balaban J connectivity index is 1.36. The van der Waals surface area contributed by atoms with Crippen molar-refractivity contribution < 1.29 is 9.59 Å². The number of halogens is 1. The normalized spacial score (nSPS) is 14.8. The highest BCUT2D eigenvalue weighted by molar-refractivity contribution is 6.38. The molecule has 162 valence electrons. The minimum absolute atomic E-state index is 0.0359. The van der Waals surface area contributed by atoms with Gasteiger partial charge in [0.25, 0.3) is 5.91 Å². The number of amides is 2. The van der Waals surface area contributed by atoms with E-state index in [-0.39, 0.29) is 11.8 Å². The number of aromatic nitrogens is 1. The number of para-hydroxylation sites is 1. The number of aryl methyl sites for hydroxylation is 3. The molecule has 6 nitrogen and oxygen atoms in total. The zero-order valence-corrected chi connectivity index (χ0v) is 18.8. The molecule has 1 aromatic heterocycles. The van der Waals surface area contributed by atoms with Crippen LogP contribution >= 0.6 is 11.6 Å². The fraction of sp³-hybridized carbons (Fsp3) is 0.333. The largest absolute Gasteiger partial charge is 0.349 e. The number of nitrogens with one attached hydrogen (secondary N) is 2. The zero-order valence-electron chi connectivity index (χ0n) is 18.1. The molecule has 31 heavy (non-hydrogen) atoms. The van der Waals surface area contributed by atoms with E-state index >= 15 is 0 Å². The summed E-state index contributed by atoms with van der Waals surface area (Å²) in [7, 11) is 0. The summed E-state index contributed by atoms with van der Waals surface area (Å²) < 4.78 is 0. The fourth-order valence-electron chi connectivity index (χ4n) is 4.08. The van der Waals surface area contributed by atoms with E-state index < -0.39 is 0 Å². The van der Waals surface area contributed by atoms with E-state index in [9.17, 15) is 9.59 Å². The average molecular weight is 439 g/mol. The number of piperazine rings is 1. The van der Waals surface area contributed by atoms with Crippen LogP contribution in [0.5, 0.6) is 0 Å². The van der Waals surface area contributed by atoms with Crippen LogP contribution in [-0.2, 0) is 4.79 Å². The van der Waals surface area contributed by atoms with Gasteiger partial charge >= 0.3 is 0 Å². The van der Waals surface area contributed by atoms with Crippen LogP contribution in [0.1, 0.15) is 27.2 Å². The molecule has 2 aromatic carbocycles. The van der Waals surface area contributed by atoms with Gasteiger partial charge < -0.3 is 15.2 Å². The number of nitrogens with zero attached hydrogens (tertiary/aromatic N) is 2. The maximum atomic E-state index is 13.0. The molecule has 1 aliphatic rings. The molecule has 0 spiro atoms. The van der Waals surface area contributed by atoms with E-state index in [1.54, 1.807) is 4.90 Å². The second-order valence-corrected chi connectivity index (χ2v) is 8.62. The maximum absolute atomic E-state index is 13.0. The SMILES string of the molecule is Cc1ccc2[nH]c(C(=O)N3CCN(CC(=O)Nc4c(C)cccc4C)CC3)c(Cl)c2c1. The summed E-state index contributed by atoms with van der Waals surface area (Å²) in [4.78, 5) is 32.6. The van der Waals surface area contributed by atoms with Crippen molar-refractivity contribution in [3.63, 3.8) is 0 Å². The first-order valence-corrected chi connectivity index (χ1v) is 10.9. The van der Waals surface area contributed by atoms with Crippen LogP contribution in [-0.4, -0.2) is 59.3 Å². The molecule has 1 aliphatic heterocycles. The van der Waals surface area contributed by atoms with Crippen LogP contribution in [0.3, 0.4) is 0 Å². The van der Waals surface area contributed by atoms with Gasteiger partial charge in [-0.05, 0) is 44.0 Å². The van der Waals surface area contributed by atoms with Crippen molar-refractivity contribution >= 4 is 40.0 Å². The number of aromatic amines is 1. The minimum Gasteiger partial charge on any atom is -0.349 e. The zero-order chi connectivity index (χ0) is 22.1. The third-order valence-corrected chi connectivity index (χ3v) is 6.27. The molecule has 0 bridgehead atoms. The number of H-pyrrole nitrogens is 1. The molecule has 3 aromatic rings. The van der Waals surface area contributed by atoms with Crippen molar-refractivity contribution in [2.45, 2.75) is 20.8 Å². The van der Waals surface area contributed by atoms with Crippen LogP contribution in [0.15, 0.2) is 36.4 Å². The van der Waals surface area contributed by atoms with Gasteiger partial charge in [0.05, 0.1) is 11.6 Å². The Bertz CT molecular complexity index is 1130. The molecule has 0 aliphatic carbocycles. The Morgan fingerprint density at radius 1 is 1.03 bits per heavy atom. The predicted octanol–water partition coefficient (Wildman–Crippen LogP) is 4.14. The lowest BCUT2D eigenvalue weighted by Crippen LogP contribution is -2.50. The van der Waals surface area contributed by atoms with Crippen molar-refractivity contribution in [3.8, 4) is 0 Å². The molecule has 0 saturated carbocycles. The van der Waals surface area contributed by atoms with E-state index in [0.29, 0.717) is 43.4 Å². The van der Waals surface area contributed by atoms with Gasteiger partial charge in [0, 0.05) is 42.8 Å². The summed E-state index contributed by atoms with van der Waals surface area (Å²) in [6.45, 7) is 8.68. The molecule has 0 atom stereocenters. The molecular weight excluding hydrogens is 412 g/mol. The molecule has 1 saturated heterocycles. The lowest BCUT2D eigenvalue weighted by Gasteiger charge is -2.34. The highest BCUT2D eigenvalue weighted by Gasteiger charge is 2.26. The van der Waals surface area contributed by atoms with Crippen LogP contribution in [0.2, 0.25) is 5.02 Å². The average Bonchev–Trinajstić information content (AvgIpc) is 3.07. The van der Waals surface area contributed by atoms with Crippen molar-refractivity contribution in [1.82, 2.24) is 14.8 Å². The first-order valence-electron chi connectivity index (χ1n) is 10.5. The van der Waals surface area contributed by atoms with Crippen LogP contribution in [0, 0.1) is 20.8 Å². The molecule has 2 N–H and O–H groups in total. The maximum Gasteiger partial charge on any atom is 0.271 e. The lowest BCUT2D eigenvalue weighted by atomic mass is 10.1. The molecule has 2 heterocycles. The van der Waals surface area contributed by atoms with E-state index in [1.165, 1.54) is 0 Å². The van der Waals surface area contributed by atoms with Gasteiger partial charge in [-0.3, -0.25) is 14.5 Å². The summed E-state index contributed by atoms with van der Waals surface area (Å²) in [5.74, 6) is -0.135. The number of carbonyl (C=O) groups excluding carboxylic acids is 2. The molecule has 0 unspecified atom stereocenters. The van der Waals surface area contributed by atoms with Gasteiger partial charge in [0.1, 0.15) is 5.69 Å². The molecule has 0 radical (unpaired) electrons. The number of benzene rings is 2. The molecule has 4 rings (SSSR count). The van der Waals surface area contributed by atoms with Crippen molar-refractivity contribution in [2.24, 2.45) is 0 Å². The van der Waals surface area contributed by atoms with Gasteiger partial charge in [-0.15, -0.1) is 0 Å². The summed E-state index contributed by atoms with van der Waals surface area (Å²) in [6, 6.07) is 11.9. The quantitative estimate of drug-likeness (QED) is 0.643. The minimum atomic E-state index is -0.0986. The summed E-state index contributed by atoms with van der Waals surface area (Å²) in [5, 5.41) is 4.37. The van der Waals surface area contributed by atoms with Crippen molar-refractivity contribution in [2.75, 3.05) is 38.0 Å². The Hall–Kier alpha value is -2.83. The molecule has 2 amide bonds. The van der Waals surface area contributed by atoms with Crippen molar-refractivity contribution in [1.29, 1.82) is 0 Å². The van der Waals surface area contributed by atoms with Crippen LogP contribution < -0.4 is 5.32 Å². The standard InChI is InChI=1S/C24H27ClN4O2/c1-15-7-8-19-18(13-15)21(25)23(26-19)24(31)29-11-9-28(10-12-29)14-20(30)27-22-16(2)5-4-6-17(22)3/h4-8,13,26H,9-12,14H2,1-3H3,(H,27,30). The number of anilines is 1. The van der Waals surface area contributed by atoms with Gasteiger partial charge in [-0.1, -0.05) is 41.4 Å². The monoisotopic (exact) mass is 438 g/mol. The Kier molecular flexibility index (Phi) is 6.03. The van der Waals surface area contributed by atoms with Crippen LogP contribution in [0.25, 0.3) is 10.9 Å². The van der Waals surface area contributed by atoms with Crippen LogP contribution in [0.4, 0.5) is 5.69 Å². The van der Waals surface area contributed by atoms with E-state index in [2.05, 4.69) is 15.2 Å². The molecule has 7 heteroatoms. The summed E-state index contributed by atoms with van der Waals surface area (Å²) in [6.07, 6.45) is 0. The smallest absolute Gasteiger partial charge is 0.271 e. The first kappa shape index (κ1) is 21.4. The second-order valence-electron chi connectivity index (χ2n) is 8.25. The Labute approximate surface area is 187 Å². The Morgan fingerprint density at radius 3 is 2.39 bits per heavy atom. The summed E-state index contributed by atoms with van der Waals surface area (Å²) in [5.41, 5.74) is 5.37. The second kappa shape index (κ2) is 8.73. The first-order chi connectivity index (χ1) is 14.8. The third kappa shape index (κ3) is 4.45. The lowest BCUT2D eigenvalue weighted by molar-refractivity contribution is -0.117.